The summed E-state index contributed by atoms with van der Waals surface area (Å²) >= 11 is 0. The van der Waals surface area contributed by atoms with Crippen LogP contribution in [-0.2, 0) is 4.74 Å². The molecule has 0 aromatic carbocycles. The average Bonchev–Trinajstić information content (AvgIpc) is 2.49. The smallest absolute Gasteiger partial charge is 0.0829 e. The molecule has 0 saturated carbocycles. The van der Waals surface area contributed by atoms with Crippen molar-refractivity contribution in [1.82, 2.24) is 0 Å². The lowest BCUT2D eigenvalue weighted by molar-refractivity contribution is 0.0564. The van der Waals surface area contributed by atoms with Crippen LogP contribution in [0.3, 0.4) is 0 Å². The summed E-state index contributed by atoms with van der Waals surface area (Å²) in [4.78, 5) is 0. The van der Waals surface area contributed by atoms with Crippen LogP contribution in [0.25, 0.3) is 0 Å². The molecular weight excluding hydrogens is 166 g/mol. The fourth-order valence-corrected chi connectivity index (χ4v) is 1.49. The van der Waals surface area contributed by atoms with Gasteiger partial charge in [0.2, 0.25) is 0 Å². The van der Waals surface area contributed by atoms with E-state index in [1.54, 1.807) is 13.8 Å². The van der Waals surface area contributed by atoms with Gasteiger partial charge in [-0.05, 0) is 33.1 Å². The van der Waals surface area contributed by atoms with Gasteiger partial charge in [0.15, 0.2) is 0 Å². The van der Waals surface area contributed by atoms with E-state index in [0.29, 0.717) is 19.6 Å². The molecule has 3 nitrogen and oxygen atoms in total. The Morgan fingerprint density at radius 1 is 1.62 bits per heavy atom. The van der Waals surface area contributed by atoms with Crippen molar-refractivity contribution in [3.05, 3.63) is 0 Å². The molecule has 1 rings (SSSR count). The Hall–Kier alpha value is -0.590. The quantitative estimate of drug-likeness (QED) is 0.720. The number of rotatable bonds is 3. The van der Waals surface area contributed by atoms with E-state index >= 15 is 0 Å². The van der Waals surface area contributed by atoms with Gasteiger partial charge in [-0.3, -0.25) is 0 Å². The second kappa shape index (κ2) is 3.65. The molecule has 0 spiro atoms. The van der Waals surface area contributed by atoms with Crippen LogP contribution in [0.2, 0.25) is 0 Å². The minimum atomic E-state index is -0.674. The van der Waals surface area contributed by atoms with Gasteiger partial charge in [0.1, 0.15) is 0 Å². The molecule has 1 atom stereocenters. The molecule has 1 saturated heterocycles. The van der Waals surface area contributed by atoms with E-state index in [1.165, 1.54) is 0 Å². The van der Waals surface area contributed by atoms with E-state index in [4.69, 9.17) is 10.00 Å². The normalized spacial score (nSPS) is 28.8. The standard InChI is InChI=1S/C10H17NO2/c1-9(2,12)3-4-10(7-11)5-6-13-8-10/h12H,3-6,8H2,1-2H3. The zero-order chi connectivity index (χ0) is 9.95. The van der Waals surface area contributed by atoms with Gasteiger partial charge < -0.3 is 9.84 Å². The number of nitrogens with zero attached hydrogens (tertiary/aromatic N) is 1. The van der Waals surface area contributed by atoms with Gasteiger partial charge >= 0.3 is 0 Å². The SMILES string of the molecule is CC(C)(O)CCC1(C#N)CCOC1. The minimum absolute atomic E-state index is 0.333. The molecule has 0 radical (unpaired) electrons. The van der Waals surface area contributed by atoms with E-state index in [-0.39, 0.29) is 5.41 Å². The molecule has 0 aliphatic carbocycles. The van der Waals surface area contributed by atoms with E-state index in [0.717, 1.165) is 12.8 Å². The highest BCUT2D eigenvalue weighted by Crippen LogP contribution is 2.34. The molecular formula is C10H17NO2. The maximum atomic E-state index is 9.54. The van der Waals surface area contributed by atoms with Crippen LogP contribution < -0.4 is 0 Å². The van der Waals surface area contributed by atoms with Crippen molar-refractivity contribution in [2.24, 2.45) is 5.41 Å². The highest BCUT2D eigenvalue weighted by molar-refractivity contribution is 5.01. The van der Waals surface area contributed by atoms with Crippen molar-refractivity contribution in [2.45, 2.75) is 38.7 Å². The monoisotopic (exact) mass is 183 g/mol. The maximum absolute atomic E-state index is 9.54. The lowest BCUT2D eigenvalue weighted by Crippen LogP contribution is -2.25. The van der Waals surface area contributed by atoms with Gasteiger partial charge in [0.25, 0.3) is 0 Å². The van der Waals surface area contributed by atoms with Gasteiger partial charge in [-0.15, -0.1) is 0 Å². The third-order valence-electron chi connectivity index (χ3n) is 2.56. The third-order valence-corrected chi connectivity index (χ3v) is 2.56. The van der Waals surface area contributed by atoms with E-state index in [1.807, 2.05) is 0 Å². The summed E-state index contributed by atoms with van der Waals surface area (Å²) in [5.41, 5.74) is -1.01. The zero-order valence-electron chi connectivity index (χ0n) is 8.34. The highest BCUT2D eigenvalue weighted by atomic mass is 16.5. The summed E-state index contributed by atoms with van der Waals surface area (Å²) < 4.78 is 5.21. The predicted molar refractivity (Wildman–Crippen MR) is 49.0 cm³/mol. The van der Waals surface area contributed by atoms with E-state index in [9.17, 15) is 5.11 Å². The summed E-state index contributed by atoms with van der Waals surface area (Å²) in [7, 11) is 0. The molecule has 1 N–H and O–H groups in total. The number of ether oxygens (including phenoxy) is 1. The fourth-order valence-electron chi connectivity index (χ4n) is 1.49. The Morgan fingerprint density at radius 3 is 2.69 bits per heavy atom. The molecule has 13 heavy (non-hydrogen) atoms. The van der Waals surface area contributed by atoms with E-state index < -0.39 is 5.60 Å². The highest BCUT2D eigenvalue weighted by Gasteiger charge is 2.36. The third kappa shape index (κ3) is 2.98. The molecule has 0 bridgehead atoms. The molecule has 3 heteroatoms. The average molecular weight is 183 g/mol. The topological polar surface area (TPSA) is 53.2 Å². The van der Waals surface area contributed by atoms with Crippen LogP contribution in [0.15, 0.2) is 0 Å². The summed E-state index contributed by atoms with van der Waals surface area (Å²) in [6, 6.07) is 2.31. The number of aliphatic hydroxyl groups is 1. The number of nitriles is 1. The molecule has 0 amide bonds. The van der Waals surface area contributed by atoms with Gasteiger partial charge in [-0.1, -0.05) is 0 Å². The van der Waals surface area contributed by atoms with Gasteiger partial charge in [-0.2, -0.15) is 5.26 Å². The largest absolute Gasteiger partial charge is 0.390 e. The van der Waals surface area contributed by atoms with Crippen molar-refractivity contribution in [3.8, 4) is 6.07 Å². The lowest BCUT2D eigenvalue weighted by Gasteiger charge is -2.23. The van der Waals surface area contributed by atoms with Crippen LogP contribution in [0.1, 0.15) is 33.1 Å². The molecule has 1 aliphatic rings. The Bertz CT molecular complexity index is 206. The molecule has 0 aromatic heterocycles. The van der Waals surface area contributed by atoms with Crippen LogP contribution >= 0.6 is 0 Å². The summed E-state index contributed by atoms with van der Waals surface area (Å²) in [5, 5.41) is 18.5. The molecule has 1 aliphatic heterocycles. The van der Waals surface area contributed by atoms with Crippen LogP contribution in [0, 0.1) is 16.7 Å². The first-order valence-corrected chi connectivity index (χ1v) is 4.69. The van der Waals surface area contributed by atoms with Gasteiger partial charge in [0.05, 0.1) is 23.7 Å². The predicted octanol–water partition coefficient (Wildman–Crippen LogP) is 1.47. The Morgan fingerprint density at radius 2 is 2.31 bits per heavy atom. The molecule has 1 fully saturated rings. The van der Waals surface area contributed by atoms with Crippen molar-refractivity contribution in [1.29, 1.82) is 5.26 Å². The minimum Gasteiger partial charge on any atom is -0.390 e. The summed E-state index contributed by atoms with van der Waals surface area (Å²) in [6.45, 7) is 4.75. The number of hydrogen-bond acceptors (Lipinski definition) is 3. The molecule has 1 unspecified atom stereocenters. The fraction of sp³-hybridized carbons (Fsp3) is 0.900. The van der Waals surface area contributed by atoms with Crippen molar-refractivity contribution >= 4 is 0 Å². The Labute approximate surface area is 79.3 Å². The zero-order valence-corrected chi connectivity index (χ0v) is 8.34. The van der Waals surface area contributed by atoms with Gasteiger partial charge in [0, 0.05) is 6.61 Å². The second-order valence-corrected chi connectivity index (χ2v) is 4.51. The Kier molecular flexibility index (Phi) is 2.94. The molecule has 1 heterocycles. The summed E-state index contributed by atoms with van der Waals surface area (Å²) in [6.07, 6.45) is 2.19. The lowest BCUT2D eigenvalue weighted by atomic mass is 9.81. The first-order valence-electron chi connectivity index (χ1n) is 4.69. The van der Waals surface area contributed by atoms with Crippen molar-refractivity contribution in [3.63, 3.8) is 0 Å². The maximum Gasteiger partial charge on any atom is 0.0829 e. The van der Waals surface area contributed by atoms with Crippen LogP contribution in [0.4, 0.5) is 0 Å². The molecule has 0 aromatic rings. The van der Waals surface area contributed by atoms with Crippen molar-refractivity contribution < 1.29 is 9.84 Å². The van der Waals surface area contributed by atoms with Crippen molar-refractivity contribution in [2.75, 3.05) is 13.2 Å². The van der Waals surface area contributed by atoms with Crippen LogP contribution in [0.5, 0.6) is 0 Å². The number of hydrogen-bond donors (Lipinski definition) is 1. The first-order chi connectivity index (χ1) is 5.97. The Balaban J connectivity index is 2.46. The van der Waals surface area contributed by atoms with Gasteiger partial charge in [-0.25, -0.2) is 0 Å². The first kappa shape index (κ1) is 10.5. The van der Waals surface area contributed by atoms with Crippen LogP contribution in [-0.4, -0.2) is 23.9 Å². The van der Waals surface area contributed by atoms with E-state index in [2.05, 4.69) is 6.07 Å². The molecule has 74 valence electrons. The summed E-state index contributed by atoms with van der Waals surface area (Å²) in [5.74, 6) is 0. The second-order valence-electron chi connectivity index (χ2n) is 4.51.